The normalized spacial score (nSPS) is 11.7. The van der Waals surface area contributed by atoms with Crippen LogP contribution >= 0.6 is 0 Å². The van der Waals surface area contributed by atoms with Gasteiger partial charge in [-0.3, -0.25) is 4.79 Å². The molecule has 0 radical (unpaired) electrons. The van der Waals surface area contributed by atoms with Gasteiger partial charge in [-0.25, -0.2) is 0 Å². The van der Waals surface area contributed by atoms with Gasteiger partial charge in [0.2, 0.25) is 0 Å². The van der Waals surface area contributed by atoms with Crippen LogP contribution in [-0.2, 0) is 4.79 Å². The fraction of sp³-hybridized carbons (Fsp3) is 0.909. The fourth-order valence-electron chi connectivity index (χ4n) is 1.26. The predicted octanol–water partition coefficient (Wildman–Crippen LogP) is 2.76. The molecule has 0 fully saturated rings. The minimum Gasteiger partial charge on any atom is -0.326 e. The van der Waals surface area contributed by atoms with E-state index >= 15 is 0 Å². The summed E-state index contributed by atoms with van der Waals surface area (Å²) in [5.41, 5.74) is 5.27. The van der Waals surface area contributed by atoms with Gasteiger partial charge < -0.3 is 5.73 Å². The van der Waals surface area contributed by atoms with Crippen molar-refractivity contribution in [3.63, 3.8) is 0 Å². The number of ketones is 1. The zero-order chi connectivity index (χ0) is 11.3. The third kappa shape index (κ3) is 7.97. The van der Waals surface area contributed by atoms with Crippen LogP contribution in [0.1, 0.15) is 54.9 Å². The number of hydrogen-bond donors (Lipinski definition) is 1. The molecule has 2 N–H and O–H groups in total. The molecule has 0 aliphatic rings. The molecule has 0 saturated heterocycles. The van der Waals surface area contributed by atoms with Crippen LogP contribution in [0.4, 0.5) is 0 Å². The van der Waals surface area contributed by atoms with E-state index in [0.29, 0.717) is 0 Å². The molecule has 0 bridgehead atoms. The second-order valence-corrected chi connectivity index (χ2v) is 4.61. The lowest BCUT2D eigenvalue weighted by atomic mass is 9.78. The third-order valence-electron chi connectivity index (χ3n) is 1.85. The van der Waals surface area contributed by atoms with Crippen LogP contribution in [0, 0.1) is 5.41 Å². The van der Waals surface area contributed by atoms with Gasteiger partial charge in [0.25, 0.3) is 0 Å². The smallest absolute Gasteiger partial charge is 0.135 e. The monoisotopic (exact) mass is 187 g/mol. The molecule has 2 nitrogen and oxygen atoms in total. The quantitative estimate of drug-likeness (QED) is 0.738. The Labute approximate surface area is 82.9 Å². The molecule has 0 saturated carbocycles. The van der Waals surface area contributed by atoms with E-state index in [0.717, 1.165) is 6.42 Å². The summed E-state index contributed by atoms with van der Waals surface area (Å²) in [4.78, 5) is 11.1. The number of carbonyl (C=O) groups is 1. The van der Waals surface area contributed by atoms with Crippen molar-refractivity contribution in [1.29, 1.82) is 0 Å². The summed E-state index contributed by atoms with van der Waals surface area (Å²) in [5, 5.41) is 0. The number of hydrogen-bond acceptors (Lipinski definition) is 2. The Bertz CT molecular complexity index is 154. The summed E-state index contributed by atoms with van der Waals surface area (Å²) in [6, 6.07) is 0. The van der Waals surface area contributed by atoms with Crippen molar-refractivity contribution in [1.82, 2.24) is 0 Å². The molecular formula is C11H25NO. The molecule has 0 atom stereocenters. The van der Waals surface area contributed by atoms with E-state index < -0.39 is 0 Å². The fourth-order valence-corrected chi connectivity index (χ4v) is 1.26. The Morgan fingerprint density at radius 1 is 1.15 bits per heavy atom. The predicted molar refractivity (Wildman–Crippen MR) is 58.7 cm³/mol. The number of nitrogens with two attached hydrogens (primary N) is 1. The van der Waals surface area contributed by atoms with Gasteiger partial charge in [0.1, 0.15) is 5.78 Å². The molecule has 0 amide bonds. The molecule has 0 heterocycles. The second-order valence-electron chi connectivity index (χ2n) is 4.61. The summed E-state index contributed by atoms with van der Waals surface area (Å²) in [6.07, 6.45) is 0.731. The lowest BCUT2D eigenvalue weighted by molar-refractivity contribution is -0.125. The van der Waals surface area contributed by atoms with Crippen molar-refractivity contribution in [2.24, 2.45) is 11.1 Å². The van der Waals surface area contributed by atoms with Crippen molar-refractivity contribution in [2.75, 3.05) is 0 Å². The van der Waals surface area contributed by atoms with Crippen LogP contribution in [0.25, 0.3) is 0 Å². The van der Waals surface area contributed by atoms with Crippen LogP contribution in [0.3, 0.4) is 0 Å². The van der Waals surface area contributed by atoms with Crippen LogP contribution in [0.5, 0.6) is 0 Å². The number of carbonyl (C=O) groups excluding carboxylic acids is 1. The van der Waals surface area contributed by atoms with Crippen molar-refractivity contribution >= 4 is 5.78 Å². The topological polar surface area (TPSA) is 43.1 Å². The maximum absolute atomic E-state index is 11.1. The Kier molecular flexibility index (Phi) is 6.26. The largest absolute Gasteiger partial charge is 0.326 e. The van der Waals surface area contributed by atoms with Crippen molar-refractivity contribution < 1.29 is 4.79 Å². The van der Waals surface area contributed by atoms with E-state index in [-0.39, 0.29) is 16.7 Å². The van der Waals surface area contributed by atoms with Crippen LogP contribution in [-0.4, -0.2) is 11.3 Å². The molecule has 0 spiro atoms. The summed E-state index contributed by atoms with van der Waals surface area (Å²) in [6.45, 7) is 13.4. The van der Waals surface area contributed by atoms with Crippen molar-refractivity contribution in [2.45, 2.75) is 60.4 Å². The van der Waals surface area contributed by atoms with E-state index in [4.69, 9.17) is 5.73 Å². The standard InChI is InChI=1S/C9H19NO.C2H6/c1-7(11)8(2,3)6-9(4,5)10;1-2/h6,10H2,1-5H3;1-2H3. The molecule has 0 aromatic rings. The van der Waals surface area contributed by atoms with Crippen LogP contribution in [0.2, 0.25) is 0 Å². The highest BCUT2D eigenvalue weighted by Crippen LogP contribution is 2.26. The molecule has 0 aromatic heterocycles. The minimum absolute atomic E-state index is 0.205. The van der Waals surface area contributed by atoms with Gasteiger partial charge in [-0.2, -0.15) is 0 Å². The van der Waals surface area contributed by atoms with Crippen LogP contribution < -0.4 is 5.73 Å². The van der Waals surface area contributed by atoms with Gasteiger partial charge in [0, 0.05) is 11.0 Å². The van der Waals surface area contributed by atoms with Gasteiger partial charge in [-0.05, 0) is 27.2 Å². The lowest BCUT2D eigenvalue weighted by Gasteiger charge is -2.29. The van der Waals surface area contributed by atoms with E-state index in [1.807, 2.05) is 41.5 Å². The minimum atomic E-state index is -0.280. The number of Topliss-reactive ketones (excluding diaryl/α,β-unsaturated/α-hetero) is 1. The van der Waals surface area contributed by atoms with E-state index in [2.05, 4.69) is 0 Å². The molecule has 0 aliphatic carbocycles. The highest BCUT2D eigenvalue weighted by molar-refractivity contribution is 5.81. The Balaban J connectivity index is 0. The van der Waals surface area contributed by atoms with Gasteiger partial charge in [-0.15, -0.1) is 0 Å². The molecular weight excluding hydrogens is 162 g/mol. The Hall–Kier alpha value is -0.370. The summed E-state index contributed by atoms with van der Waals surface area (Å²) in [7, 11) is 0. The van der Waals surface area contributed by atoms with Crippen LogP contribution in [0.15, 0.2) is 0 Å². The third-order valence-corrected chi connectivity index (χ3v) is 1.85. The molecule has 0 aromatic carbocycles. The number of rotatable bonds is 3. The first kappa shape index (κ1) is 15.1. The molecule has 13 heavy (non-hydrogen) atoms. The zero-order valence-electron chi connectivity index (χ0n) is 10.2. The van der Waals surface area contributed by atoms with Gasteiger partial charge >= 0.3 is 0 Å². The average Bonchev–Trinajstić information content (AvgIpc) is 1.86. The Morgan fingerprint density at radius 2 is 1.46 bits per heavy atom. The maximum atomic E-state index is 11.1. The Morgan fingerprint density at radius 3 is 1.54 bits per heavy atom. The molecule has 0 rings (SSSR count). The summed E-state index contributed by atoms with van der Waals surface area (Å²) >= 11 is 0. The van der Waals surface area contributed by atoms with Crippen molar-refractivity contribution in [3.05, 3.63) is 0 Å². The molecule has 0 aliphatic heterocycles. The highest BCUT2D eigenvalue weighted by Gasteiger charge is 2.29. The van der Waals surface area contributed by atoms with E-state index in [1.165, 1.54) is 0 Å². The van der Waals surface area contributed by atoms with Gasteiger partial charge in [-0.1, -0.05) is 27.7 Å². The highest BCUT2D eigenvalue weighted by atomic mass is 16.1. The van der Waals surface area contributed by atoms with Gasteiger partial charge in [0.05, 0.1) is 0 Å². The van der Waals surface area contributed by atoms with E-state index in [1.54, 1.807) is 6.92 Å². The summed E-state index contributed by atoms with van der Waals surface area (Å²) < 4.78 is 0. The summed E-state index contributed by atoms with van der Waals surface area (Å²) in [5.74, 6) is 0.205. The zero-order valence-corrected chi connectivity index (χ0v) is 10.2. The SMILES string of the molecule is CC.CC(=O)C(C)(C)CC(C)(C)N. The first-order chi connectivity index (χ1) is 5.65. The first-order valence-electron chi connectivity index (χ1n) is 4.95. The lowest BCUT2D eigenvalue weighted by Crippen LogP contribution is -2.39. The van der Waals surface area contributed by atoms with Gasteiger partial charge in [0.15, 0.2) is 0 Å². The molecule has 2 heteroatoms. The molecule has 80 valence electrons. The van der Waals surface area contributed by atoms with Crippen molar-refractivity contribution in [3.8, 4) is 0 Å². The first-order valence-corrected chi connectivity index (χ1v) is 4.95. The van der Waals surface area contributed by atoms with E-state index in [9.17, 15) is 4.79 Å². The average molecular weight is 187 g/mol. The maximum Gasteiger partial charge on any atom is 0.135 e. The second kappa shape index (κ2) is 5.38. The molecule has 0 unspecified atom stereocenters.